The summed E-state index contributed by atoms with van der Waals surface area (Å²) in [4.78, 5) is 18.5. The van der Waals surface area contributed by atoms with Crippen molar-refractivity contribution in [1.82, 2.24) is 9.88 Å². The van der Waals surface area contributed by atoms with Gasteiger partial charge < -0.3 is 4.98 Å². The summed E-state index contributed by atoms with van der Waals surface area (Å²) in [7, 11) is 0. The van der Waals surface area contributed by atoms with E-state index < -0.39 is 0 Å². The van der Waals surface area contributed by atoms with Crippen molar-refractivity contribution in [3.05, 3.63) is 69.1 Å². The fourth-order valence-corrected chi connectivity index (χ4v) is 4.20. The number of hydrogen-bond donors (Lipinski definition) is 1. The summed E-state index contributed by atoms with van der Waals surface area (Å²) < 4.78 is 0. The van der Waals surface area contributed by atoms with E-state index in [-0.39, 0.29) is 4.87 Å². The standard InChI is InChI=1S/C20H20N2OS/c23-20-21-19(18(24-20)14-22-12-4-5-13-22)17-10-8-16(9-11-17)15-6-2-1-3-7-15/h1-3,6-11H,4-5,12-14H2,(H,21,23). The van der Waals surface area contributed by atoms with Crippen LogP contribution >= 0.6 is 11.3 Å². The topological polar surface area (TPSA) is 36.1 Å². The maximum absolute atomic E-state index is 11.9. The quantitative estimate of drug-likeness (QED) is 0.768. The van der Waals surface area contributed by atoms with Crippen LogP contribution in [0.2, 0.25) is 0 Å². The van der Waals surface area contributed by atoms with Crippen molar-refractivity contribution in [3.8, 4) is 22.4 Å². The Balaban J connectivity index is 1.63. The van der Waals surface area contributed by atoms with Crippen LogP contribution in [0.25, 0.3) is 22.4 Å². The molecule has 0 amide bonds. The summed E-state index contributed by atoms with van der Waals surface area (Å²) >= 11 is 1.34. The Bertz CT molecular complexity index is 859. The van der Waals surface area contributed by atoms with Crippen molar-refractivity contribution in [1.29, 1.82) is 0 Å². The molecule has 0 aliphatic carbocycles. The molecule has 1 N–H and O–H groups in total. The number of benzene rings is 2. The molecule has 3 aromatic rings. The molecule has 2 heterocycles. The number of rotatable bonds is 4. The van der Waals surface area contributed by atoms with Crippen LogP contribution in [0.15, 0.2) is 59.4 Å². The van der Waals surface area contributed by atoms with Gasteiger partial charge in [0.25, 0.3) is 0 Å². The predicted molar refractivity (Wildman–Crippen MR) is 100 cm³/mol. The van der Waals surface area contributed by atoms with E-state index in [0.717, 1.165) is 35.8 Å². The van der Waals surface area contributed by atoms with E-state index in [9.17, 15) is 4.79 Å². The van der Waals surface area contributed by atoms with E-state index >= 15 is 0 Å². The lowest BCUT2D eigenvalue weighted by molar-refractivity contribution is 0.334. The molecule has 122 valence electrons. The lowest BCUT2D eigenvalue weighted by Crippen LogP contribution is -2.18. The van der Waals surface area contributed by atoms with Gasteiger partial charge in [-0.1, -0.05) is 65.9 Å². The monoisotopic (exact) mass is 336 g/mol. The minimum Gasteiger partial charge on any atom is -0.312 e. The molecule has 3 nitrogen and oxygen atoms in total. The summed E-state index contributed by atoms with van der Waals surface area (Å²) in [5.41, 5.74) is 4.47. The molecule has 1 aliphatic rings. The number of likely N-dealkylation sites (tertiary alicyclic amines) is 1. The lowest BCUT2D eigenvalue weighted by atomic mass is 10.0. The van der Waals surface area contributed by atoms with Gasteiger partial charge in [0.15, 0.2) is 0 Å². The normalized spacial score (nSPS) is 15.0. The number of H-pyrrole nitrogens is 1. The maximum atomic E-state index is 11.9. The second-order valence-electron chi connectivity index (χ2n) is 6.24. The molecule has 0 unspecified atom stereocenters. The number of aromatic nitrogens is 1. The minimum absolute atomic E-state index is 0.0336. The molecule has 0 radical (unpaired) electrons. The highest BCUT2D eigenvalue weighted by Crippen LogP contribution is 2.28. The zero-order chi connectivity index (χ0) is 16.4. The Labute approximate surface area is 145 Å². The van der Waals surface area contributed by atoms with Gasteiger partial charge in [-0.15, -0.1) is 0 Å². The average molecular weight is 336 g/mol. The molecule has 0 saturated carbocycles. The summed E-state index contributed by atoms with van der Waals surface area (Å²) in [5, 5.41) is 0. The maximum Gasteiger partial charge on any atom is 0.305 e. The second-order valence-corrected chi connectivity index (χ2v) is 7.31. The Morgan fingerprint density at radius 3 is 2.21 bits per heavy atom. The molecular weight excluding hydrogens is 316 g/mol. The number of thiazole rings is 1. The first-order valence-electron chi connectivity index (χ1n) is 8.40. The molecule has 1 fully saturated rings. The third kappa shape index (κ3) is 3.21. The lowest BCUT2D eigenvalue weighted by Gasteiger charge is -2.14. The molecule has 2 aromatic carbocycles. The van der Waals surface area contributed by atoms with Crippen molar-refractivity contribution in [3.63, 3.8) is 0 Å². The molecule has 4 heteroatoms. The highest BCUT2D eigenvalue weighted by molar-refractivity contribution is 7.09. The Hall–Kier alpha value is -2.17. The molecule has 1 aliphatic heterocycles. The molecule has 24 heavy (non-hydrogen) atoms. The highest BCUT2D eigenvalue weighted by atomic mass is 32.1. The van der Waals surface area contributed by atoms with Crippen LogP contribution in [0.1, 0.15) is 17.7 Å². The predicted octanol–water partition coefficient (Wildman–Crippen LogP) is 4.37. The van der Waals surface area contributed by atoms with E-state index in [0.29, 0.717) is 0 Å². The van der Waals surface area contributed by atoms with Crippen LogP contribution in [-0.2, 0) is 6.54 Å². The van der Waals surface area contributed by atoms with Gasteiger partial charge in [-0.05, 0) is 42.6 Å². The fraction of sp³-hybridized carbons (Fsp3) is 0.250. The van der Waals surface area contributed by atoms with Gasteiger partial charge in [0.1, 0.15) is 0 Å². The first-order valence-corrected chi connectivity index (χ1v) is 9.21. The molecular formula is C20H20N2OS. The highest BCUT2D eigenvalue weighted by Gasteiger charge is 2.17. The van der Waals surface area contributed by atoms with Gasteiger partial charge in [0.05, 0.1) is 5.69 Å². The Morgan fingerprint density at radius 1 is 0.875 bits per heavy atom. The van der Waals surface area contributed by atoms with Crippen molar-refractivity contribution in [2.24, 2.45) is 0 Å². The number of hydrogen-bond acceptors (Lipinski definition) is 3. The van der Waals surface area contributed by atoms with Crippen LogP contribution in [0.3, 0.4) is 0 Å². The van der Waals surface area contributed by atoms with E-state index in [4.69, 9.17) is 0 Å². The van der Waals surface area contributed by atoms with E-state index in [1.165, 1.54) is 35.3 Å². The zero-order valence-electron chi connectivity index (χ0n) is 13.5. The van der Waals surface area contributed by atoms with E-state index in [1.807, 2.05) is 18.2 Å². The van der Waals surface area contributed by atoms with Crippen molar-refractivity contribution < 1.29 is 0 Å². The average Bonchev–Trinajstić information content (AvgIpc) is 3.26. The molecule has 0 bridgehead atoms. The molecule has 0 spiro atoms. The van der Waals surface area contributed by atoms with Crippen LogP contribution in [0, 0.1) is 0 Å². The zero-order valence-corrected chi connectivity index (χ0v) is 14.3. The van der Waals surface area contributed by atoms with Crippen molar-refractivity contribution >= 4 is 11.3 Å². The molecule has 1 aromatic heterocycles. The van der Waals surface area contributed by atoms with E-state index in [1.54, 1.807) is 0 Å². The number of nitrogens with zero attached hydrogens (tertiary/aromatic N) is 1. The first-order chi connectivity index (χ1) is 11.8. The summed E-state index contributed by atoms with van der Waals surface area (Å²) in [6.07, 6.45) is 2.53. The summed E-state index contributed by atoms with van der Waals surface area (Å²) in [5.74, 6) is 0. The number of nitrogens with one attached hydrogen (secondary N) is 1. The molecule has 4 rings (SSSR count). The van der Waals surface area contributed by atoms with Crippen LogP contribution in [0.4, 0.5) is 0 Å². The summed E-state index contributed by atoms with van der Waals surface area (Å²) in [6, 6.07) is 18.8. The van der Waals surface area contributed by atoms with Gasteiger partial charge >= 0.3 is 4.87 Å². The Morgan fingerprint density at radius 2 is 1.50 bits per heavy atom. The van der Waals surface area contributed by atoms with Crippen molar-refractivity contribution in [2.45, 2.75) is 19.4 Å². The SMILES string of the molecule is O=c1[nH]c(-c2ccc(-c3ccccc3)cc2)c(CN2CCCC2)s1. The largest absolute Gasteiger partial charge is 0.312 e. The van der Waals surface area contributed by atoms with Gasteiger partial charge in [-0.2, -0.15) is 0 Å². The smallest absolute Gasteiger partial charge is 0.305 e. The first kappa shape index (κ1) is 15.4. The molecule has 0 atom stereocenters. The van der Waals surface area contributed by atoms with Crippen LogP contribution in [-0.4, -0.2) is 23.0 Å². The van der Waals surface area contributed by atoms with Gasteiger partial charge in [-0.25, -0.2) is 0 Å². The minimum atomic E-state index is 0.0336. The third-order valence-electron chi connectivity index (χ3n) is 4.57. The van der Waals surface area contributed by atoms with Gasteiger partial charge in [0.2, 0.25) is 0 Å². The number of aromatic amines is 1. The van der Waals surface area contributed by atoms with Crippen LogP contribution < -0.4 is 4.87 Å². The third-order valence-corrected chi connectivity index (χ3v) is 5.44. The fourth-order valence-electron chi connectivity index (χ4n) is 3.31. The second kappa shape index (κ2) is 6.75. The molecule has 1 saturated heterocycles. The van der Waals surface area contributed by atoms with Crippen LogP contribution in [0.5, 0.6) is 0 Å². The summed E-state index contributed by atoms with van der Waals surface area (Å²) in [6.45, 7) is 3.15. The van der Waals surface area contributed by atoms with E-state index in [2.05, 4.69) is 46.3 Å². The van der Waals surface area contributed by atoms with Gasteiger partial charge in [-0.3, -0.25) is 9.69 Å². The Kier molecular flexibility index (Phi) is 4.32. The van der Waals surface area contributed by atoms with Crippen molar-refractivity contribution in [2.75, 3.05) is 13.1 Å². The van der Waals surface area contributed by atoms with Gasteiger partial charge in [0, 0.05) is 11.4 Å².